The number of rotatable bonds is 50. The van der Waals surface area contributed by atoms with Crippen LogP contribution in [-0.4, -0.2) is 37.2 Å². The van der Waals surface area contributed by atoms with Crippen molar-refractivity contribution in [2.75, 3.05) is 13.2 Å². The largest absolute Gasteiger partial charge is 0.462 e. The Hall–Kier alpha value is -3.93. The van der Waals surface area contributed by atoms with E-state index in [1.807, 2.05) is 0 Å². The van der Waals surface area contributed by atoms with Gasteiger partial charge in [-0.1, -0.05) is 220 Å². The summed E-state index contributed by atoms with van der Waals surface area (Å²) in [5, 5.41) is 0. The summed E-state index contributed by atoms with van der Waals surface area (Å²) in [6.45, 7) is 6.34. The smallest absolute Gasteiger partial charge is 0.306 e. The van der Waals surface area contributed by atoms with Crippen LogP contribution in [0, 0.1) is 0 Å². The summed E-state index contributed by atoms with van der Waals surface area (Å²) in [6, 6.07) is 0. The lowest BCUT2D eigenvalue weighted by Gasteiger charge is -2.18. The lowest BCUT2D eigenvalue weighted by molar-refractivity contribution is -0.167. The van der Waals surface area contributed by atoms with Gasteiger partial charge >= 0.3 is 17.9 Å². The zero-order chi connectivity index (χ0) is 50.0. The highest BCUT2D eigenvalue weighted by Gasteiger charge is 2.19. The first-order chi connectivity index (χ1) is 34.0. The van der Waals surface area contributed by atoms with Gasteiger partial charge in [0.15, 0.2) is 6.10 Å². The van der Waals surface area contributed by atoms with Crippen LogP contribution in [0.15, 0.2) is 109 Å². The van der Waals surface area contributed by atoms with Crippen molar-refractivity contribution >= 4 is 17.9 Å². The molecule has 0 spiro atoms. The predicted molar refractivity (Wildman–Crippen MR) is 297 cm³/mol. The quantitative estimate of drug-likeness (QED) is 0.0262. The number of unbranched alkanes of at least 4 members (excludes halogenated alkanes) is 21. The van der Waals surface area contributed by atoms with Crippen molar-refractivity contribution in [1.82, 2.24) is 0 Å². The molecule has 0 aliphatic rings. The Morgan fingerprint density at radius 3 is 0.913 bits per heavy atom. The van der Waals surface area contributed by atoms with Gasteiger partial charge in [0.25, 0.3) is 0 Å². The first-order valence-electron chi connectivity index (χ1n) is 28.4. The minimum atomic E-state index is -0.805. The van der Waals surface area contributed by atoms with Crippen molar-refractivity contribution in [1.29, 1.82) is 0 Å². The van der Waals surface area contributed by atoms with Crippen LogP contribution in [0.3, 0.4) is 0 Å². The molecule has 0 N–H and O–H groups in total. The molecule has 0 amide bonds. The van der Waals surface area contributed by atoms with Gasteiger partial charge in [0, 0.05) is 19.3 Å². The van der Waals surface area contributed by atoms with Gasteiger partial charge < -0.3 is 14.2 Å². The topological polar surface area (TPSA) is 78.9 Å². The third-order valence-corrected chi connectivity index (χ3v) is 11.7. The average Bonchev–Trinajstić information content (AvgIpc) is 3.35. The van der Waals surface area contributed by atoms with E-state index in [-0.39, 0.29) is 31.1 Å². The first-order valence-corrected chi connectivity index (χ1v) is 28.4. The summed E-state index contributed by atoms with van der Waals surface area (Å²) in [4.78, 5) is 38.2. The zero-order valence-electron chi connectivity index (χ0n) is 44.8. The minimum absolute atomic E-state index is 0.0990. The Bertz CT molecular complexity index is 1420. The second-order valence-corrected chi connectivity index (χ2v) is 18.4. The average molecular weight is 958 g/mol. The fourth-order valence-electron chi connectivity index (χ4n) is 7.54. The number of carbonyl (C=O) groups excluding carboxylic acids is 3. The molecule has 0 saturated carbocycles. The van der Waals surface area contributed by atoms with Crippen LogP contribution in [0.5, 0.6) is 0 Å². The van der Waals surface area contributed by atoms with E-state index < -0.39 is 6.10 Å². The van der Waals surface area contributed by atoms with Crippen LogP contribution < -0.4 is 0 Å². The number of ether oxygens (including phenoxy) is 3. The second-order valence-electron chi connectivity index (χ2n) is 18.4. The molecule has 0 aliphatic carbocycles. The third-order valence-electron chi connectivity index (χ3n) is 11.7. The Labute approximate surface area is 425 Å². The van der Waals surface area contributed by atoms with Gasteiger partial charge in [-0.05, 0) is 122 Å². The standard InChI is InChI=1S/C63H104O6/c1-4-7-10-13-16-19-22-25-28-30-31-33-35-38-41-44-47-50-53-56-62(65)68-59-60(58-67-61(64)55-52-49-46-43-40-37-34-27-24-21-18-15-12-9-6-3)69-63(66)57-54-51-48-45-42-39-36-32-29-26-23-20-17-14-11-8-5-2/h8-9,11-12,16-21,25-29,34,40,43,60H,4-7,10,13-15,22-24,30-33,35-39,41-42,44-59H2,1-3H3/b11-8-,12-9-,19-16-,20-17-,21-18-,28-25-,29-26-,34-27-,43-40-. The first kappa shape index (κ1) is 65.1. The Morgan fingerprint density at radius 1 is 0.304 bits per heavy atom. The molecule has 6 heteroatoms. The highest BCUT2D eigenvalue weighted by Crippen LogP contribution is 2.14. The highest BCUT2D eigenvalue weighted by atomic mass is 16.6. The maximum absolute atomic E-state index is 12.9. The summed E-state index contributed by atoms with van der Waals surface area (Å²) in [5.41, 5.74) is 0. The van der Waals surface area contributed by atoms with E-state index in [4.69, 9.17) is 14.2 Å². The summed E-state index contributed by atoms with van der Waals surface area (Å²) in [6.07, 6.45) is 76.5. The van der Waals surface area contributed by atoms with E-state index in [1.54, 1.807) is 0 Å². The van der Waals surface area contributed by atoms with Gasteiger partial charge in [0.2, 0.25) is 0 Å². The third kappa shape index (κ3) is 54.9. The van der Waals surface area contributed by atoms with Gasteiger partial charge in [-0.2, -0.15) is 0 Å². The van der Waals surface area contributed by atoms with Crippen LogP contribution >= 0.6 is 0 Å². The molecule has 0 aromatic carbocycles. The number of carbonyl (C=O) groups is 3. The molecule has 1 atom stereocenters. The molecule has 392 valence electrons. The number of hydrogen-bond donors (Lipinski definition) is 0. The van der Waals surface area contributed by atoms with E-state index in [2.05, 4.69) is 130 Å². The molecule has 0 aliphatic heterocycles. The van der Waals surface area contributed by atoms with Crippen molar-refractivity contribution in [3.05, 3.63) is 109 Å². The van der Waals surface area contributed by atoms with Gasteiger partial charge in [-0.25, -0.2) is 0 Å². The zero-order valence-corrected chi connectivity index (χ0v) is 44.8. The molecule has 0 heterocycles. The van der Waals surface area contributed by atoms with Gasteiger partial charge in [0.1, 0.15) is 13.2 Å². The monoisotopic (exact) mass is 957 g/mol. The lowest BCUT2D eigenvalue weighted by atomic mass is 10.1. The highest BCUT2D eigenvalue weighted by molar-refractivity contribution is 5.71. The van der Waals surface area contributed by atoms with Crippen LogP contribution in [0.2, 0.25) is 0 Å². The van der Waals surface area contributed by atoms with E-state index in [1.165, 1.54) is 96.3 Å². The molecular weight excluding hydrogens is 853 g/mol. The molecule has 1 unspecified atom stereocenters. The molecule has 0 bridgehead atoms. The summed E-state index contributed by atoms with van der Waals surface area (Å²) < 4.78 is 16.8. The second kappa shape index (κ2) is 56.7. The molecule has 69 heavy (non-hydrogen) atoms. The molecule has 0 aromatic rings. The van der Waals surface area contributed by atoms with Gasteiger partial charge in [-0.3, -0.25) is 14.4 Å². The molecule has 0 rings (SSSR count). The van der Waals surface area contributed by atoms with Crippen LogP contribution in [-0.2, 0) is 28.6 Å². The van der Waals surface area contributed by atoms with Crippen molar-refractivity contribution in [3.63, 3.8) is 0 Å². The molecular formula is C63H104O6. The normalized spacial score (nSPS) is 12.9. The fraction of sp³-hybridized carbons (Fsp3) is 0.667. The molecule has 0 saturated heterocycles. The maximum Gasteiger partial charge on any atom is 0.306 e. The van der Waals surface area contributed by atoms with Gasteiger partial charge in [0.05, 0.1) is 0 Å². The fourth-order valence-corrected chi connectivity index (χ4v) is 7.54. The van der Waals surface area contributed by atoms with Crippen LogP contribution in [0.25, 0.3) is 0 Å². The van der Waals surface area contributed by atoms with E-state index in [9.17, 15) is 14.4 Å². The molecule has 0 radical (unpaired) electrons. The van der Waals surface area contributed by atoms with Crippen molar-refractivity contribution in [3.8, 4) is 0 Å². The lowest BCUT2D eigenvalue weighted by Crippen LogP contribution is -2.30. The Morgan fingerprint density at radius 2 is 0.565 bits per heavy atom. The Kier molecular flexibility index (Phi) is 53.4. The number of hydrogen-bond acceptors (Lipinski definition) is 6. The van der Waals surface area contributed by atoms with Crippen molar-refractivity contribution in [2.24, 2.45) is 0 Å². The van der Waals surface area contributed by atoms with Crippen LogP contribution in [0.1, 0.15) is 252 Å². The van der Waals surface area contributed by atoms with E-state index >= 15 is 0 Å². The molecule has 6 nitrogen and oxygen atoms in total. The van der Waals surface area contributed by atoms with E-state index in [0.717, 1.165) is 116 Å². The predicted octanol–water partition coefficient (Wildman–Crippen LogP) is 19.1. The van der Waals surface area contributed by atoms with Crippen LogP contribution in [0.4, 0.5) is 0 Å². The number of esters is 3. The number of allylic oxidation sites excluding steroid dienone is 18. The molecule has 0 aromatic heterocycles. The minimum Gasteiger partial charge on any atom is -0.462 e. The van der Waals surface area contributed by atoms with E-state index in [0.29, 0.717) is 19.3 Å². The summed E-state index contributed by atoms with van der Waals surface area (Å²) >= 11 is 0. The Balaban J connectivity index is 4.46. The maximum atomic E-state index is 12.9. The molecule has 0 fully saturated rings. The summed E-state index contributed by atoms with van der Waals surface area (Å²) in [5.74, 6) is -0.956. The van der Waals surface area contributed by atoms with Crippen molar-refractivity contribution in [2.45, 2.75) is 258 Å². The van der Waals surface area contributed by atoms with Crippen molar-refractivity contribution < 1.29 is 28.6 Å². The SMILES string of the molecule is CC/C=C\C/C=C\C/C=C\C/C=C\CCCCC(=O)OCC(COC(=O)CCCCCCCCCCC/C=C\C/C=C\CCCCC)OC(=O)CCCCCCCCC/C=C\C/C=C\C/C=C\CC. The van der Waals surface area contributed by atoms with Gasteiger partial charge in [-0.15, -0.1) is 0 Å². The summed E-state index contributed by atoms with van der Waals surface area (Å²) in [7, 11) is 0.